The Labute approximate surface area is 209 Å². The Morgan fingerprint density at radius 1 is 0.972 bits per heavy atom. The fourth-order valence-electron chi connectivity index (χ4n) is 6.40. The molecule has 1 N–H and O–H groups in total. The first-order valence-electron chi connectivity index (χ1n) is 12.8. The maximum atomic E-state index is 14.6. The molecule has 2 fully saturated rings. The number of likely N-dealkylation sites (tertiary alicyclic amines) is 1. The maximum absolute atomic E-state index is 14.6. The monoisotopic (exact) mass is 481 g/mol. The summed E-state index contributed by atoms with van der Waals surface area (Å²) in [5.41, 5.74) is 4.04. The summed E-state index contributed by atoms with van der Waals surface area (Å²) in [7, 11) is 0. The summed E-state index contributed by atoms with van der Waals surface area (Å²) in [6.07, 6.45) is 6.32. The van der Waals surface area contributed by atoms with Crippen molar-refractivity contribution in [3.05, 3.63) is 83.9 Å². The topological polar surface area (TPSA) is 63.1 Å². The van der Waals surface area contributed by atoms with Gasteiger partial charge in [-0.3, -0.25) is 9.67 Å². The van der Waals surface area contributed by atoms with Crippen molar-refractivity contribution in [3.63, 3.8) is 0 Å². The van der Waals surface area contributed by atoms with Gasteiger partial charge in [0.1, 0.15) is 5.82 Å². The Hall–Kier alpha value is -3.74. The highest BCUT2D eigenvalue weighted by atomic mass is 19.1. The molecule has 182 valence electrons. The van der Waals surface area contributed by atoms with Crippen molar-refractivity contribution < 1.29 is 9.18 Å². The van der Waals surface area contributed by atoms with Gasteiger partial charge in [0, 0.05) is 53.5 Å². The summed E-state index contributed by atoms with van der Waals surface area (Å²) in [5.74, 6) is -0.245. The fourth-order valence-corrected chi connectivity index (χ4v) is 6.40. The van der Waals surface area contributed by atoms with Crippen molar-refractivity contribution in [2.75, 3.05) is 13.1 Å². The Morgan fingerprint density at radius 3 is 2.61 bits per heavy atom. The van der Waals surface area contributed by atoms with E-state index >= 15 is 0 Å². The highest BCUT2D eigenvalue weighted by molar-refractivity contribution is 5.83. The average Bonchev–Trinajstić information content (AvgIpc) is 3.58. The van der Waals surface area contributed by atoms with Crippen molar-refractivity contribution in [1.29, 1.82) is 0 Å². The molecule has 7 heteroatoms. The smallest absolute Gasteiger partial charge is 0.318 e. The number of carbonyl (C=O) groups is 1. The summed E-state index contributed by atoms with van der Waals surface area (Å²) < 4.78 is 16.7. The van der Waals surface area contributed by atoms with E-state index in [4.69, 9.17) is 5.10 Å². The predicted molar refractivity (Wildman–Crippen MR) is 136 cm³/mol. The van der Waals surface area contributed by atoms with Gasteiger partial charge in [0.15, 0.2) is 0 Å². The van der Waals surface area contributed by atoms with E-state index in [0.717, 1.165) is 60.8 Å². The number of benzene rings is 2. The number of urea groups is 1. The van der Waals surface area contributed by atoms with Gasteiger partial charge in [-0.15, -0.1) is 0 Å². The molecule has 36 heavy (non-hydrogen) atoms. The van der Waals surface area contributed by atoms with Gasteiger partial charge >= 0.3 is 6.03 Å². The highest BCUT2D eigenvalue weighted by Gasteiger charge is 2.49. The number of rotatable bonds is 3. The number of para-hydroxylation sites is 1. The standard InChI is InChI=1S/C29H28FN5O/c30-23-8-3-2-7-22(23)29(10-5-11-29)32-27(36)34-14-12-28(19-34)13-15-35-26(28)17-25(33-35)21-16-20-6-1-4-9-24(20)31-18-21/h1-4,6-9,16-18H,5,10-15,19H2,(H,32,36). The van der Waals surface area contributed by atoms with Crippen molar-refractivity contribution in [1.82, 2.24) is 25.0 Å². The van der Waals surface area contributed by atoms with Crippen molar-refractivity contribution in [3.8, 4) is 11.3 Å². The van der Waals surface area contributed by atoms with Crippen molar-refractivity contribution >= 4 is 16.9 Å². The molecule has 3 aliphatic rings. The number of carbonyl (C=O) groups excluding carboxylic acids is 1. The number of fused-ring (bicyclic) bond motifs is 3. The van der Waals surface area contributed by atoms with Crippen molar-refractivity contribution in [2.45, 2.75) is 49.6 Å². The summed E-state index contributed by atoms with van der Waals surface area (Å²) in [6.45, 7) is 2.20. The molecule has 0 bridgehead atoms. The lowest BCUT2D eigenvalue weighted by atomic mass is 9.71. The molecule has 1 saturated carbocycles. The molecular formula is C29H28FN5O. The highest BCUT2D eigenvalue weighted by Crippen LogP contribution is 2.45. The Bertz CT molecular complexity index is 1490. The first kappa shape index (κ1) is 21.5. The molecule has 2 aromatic carbocycles. The first-order chi connectivity index (χ1) is 17.6. The number of hydrogen-bond acceptors (Lipinski definition) is 3. The zero-order valence-corrected chi connectivity index (χ0v) is 20.1. The van der Waals surface area contributed by atoms with E-state index < -0.39 is 5.54 Å². The molecular weight excluding hydrogens is 453 g/mol. The lowest BCUT2D eigenvalue weighted by molar-refractivity contribution is 0.151. The molecule has 7 rings (SSSR count). The summed E-state index contributed by atoms with van der Waals surface area (Å²) in [6, 6.07) is 19.2. The zero-order chi connectivity index (χ0) is 24.3. The van der Waals surface area contributed by atoms with E-state index in [1.54, 1.807) is 12.1 Å². The van der Waals surface area contributed by atoms with Crippen LogP contribution in [0, 0.1) is 5.82 Å². The number of aryl methyl sites for hydroxylation is 1. The summed E-state index contributed by atoms with van der Waals surface area (Å²) in [5, 5.41) is 9.23. The number of aromatic nitrogens is 3. The molecule has 1 aliphatic carbocycles. The van der Waals surface area contributed by atoms with E-state index in [1.807, 2.05) is 35.4 Å². The van der Waals surface area contributed by atoms with E-state index in [9.17, 15) is 9.18 Å². The second-order valence-corrected chi connectivity index (χ2v) is 10.6. The third-order valence-corrected chi connectivity index (χ3v) is 8.60. The lowest BCUT2D eigenvalue weighted by Crippen LogP contribution is -2.55. The molecule has 1 atom stereocenters. The van der Waals surface area contributed by atoms with E-state index in [-0.39, 0.29) is 17.3 Å². The predicted octanol–water partition coefficient (Wildman–Crippen LogP) is 5.37. The van der Waals surface area contributed by atoms with Crippen LogP contribution < -0.4 is 5.32 Å². The Kier molecular flexibility index (Phi) is 4.72. The second-order valence-electron chi connectivity index (χ2n) is 10.6. The largest absolute Gasteiger partial charge is 0.328 e. The van der Waals surface area contributed by atoms with Gasteiger partial charge in [-0.25, -0.2) is 9.18 Å². The number of hydrogen-bond donors (Lipinski definition) is 1. The van der Waals surface area contributed by atoms with Crippen LogP contribution in [0.25, 0.3) is 22.2 Å². The summed E-state index contributed by atoms with van der Waals surface area (Å²) in [4.78, 5) is 19.9. The average molecular weight is 482 g/mol. The van der Waals surface area contributed by atoms with Crippen LogP contribution in [-0.4, -0.2) is 38.8 Å². The first-order valence-corrected chi connectivity index (χ1v) is 12.8. The SMILES string of the molecule is O=C(NC1(c2ccccc2F)CCC1)N1CCC2(CCn3nc(-c4cnc5ccccc5c4)cc32)C1. The number of pyridine rings is 1. The third-order valence-electron chi connectivity index (χ3n) is 8.60. The number of nitrogens with zero attached hydrogens (tertiary/aromatic N) is 4. The summed E-state index contributed by atoms with van der Waals surface area (Å²) >= 11 is 0. The van der Waals surface area contributed by atoms with Gasteiger partial charge in [0.25, 0.3) is 0 Å². The van der Waals surface area contributed by atoms with E-state index in [1.165, 1.54) is 11.8 Å². The fraction of sp³-hybridized carbons (Fsp3) is 0.345. The van der Waals surface area contributed by atoms with Crippen LogP contribution in [0.1, 0.15) is 43.4 Å². The molecule has 2 amide bonds. The van der Waals surface area contributed by atoms with Crippen LogP contribution in [-0.2, 0) is 17.5 Å². The van der Waals surface area contributed by atoms with Gasteiger partial charge in [-0.05, 0) is 56.4 Å². The number of amides is 2. The zero-order valence-electron chi connectivity index (χ0n) is 20.1. The Balaban J connectivity index is 1.12. The molecule has 4 aromatic rings. The van der Waals surface area contributed by atoms with Crippen molar-refractivity contribution in [2.24, 2.45) is 0 Å². The van der Waals surface area contributed by atoms with Gasteiger partial charge in [0.2, 0.25) is 0 Å². The molecule has 0 radical (unpaired) electrons. The molecule has 1 spiro atoms. The minimum Gasteiger partial charge on any atom is -0.328 e. The number of nitrogens with one attached hydrogen (secondary N) is 1. The van der Waals surface area contributed by atoms with E-state index in [2.05, 4.69) is 33.2 Å². The molecule has 2 aliphatic heterocycles. The second kappa shape index (κ2) is 7.88. The lowest BCUT2D eigenvalue weighted by Gasteiger charge is -2.44. The molecule has 1 saturated heterocycles. The molecule has 2 aromatic heterocycles. The van der Waals surface area contributed by atoms with Gasteiger partial charge in [-0.1, -0.05) is 36.4 Å². The molecule has 4 heterocycles. The normalized spacial score (nSPS) is 22.1. The quantitative estimate of drug-likeness (QED) is 0.428. The van der Waals surface area contributed by atoms with Gasteiger partial charge in [-0.2, -0.15) is 5.10 Å². The van der Waals surface area contributed by atoms with Crippen LogP contribution in [0.15, 0.2) is 66.9 Å². The van der Waals surface area contributed by atoms with E-state index in [0.29, 0.717) is 18.7 Å². The minimum atomic E-state index is -0.591. The molecule has 6 nitrogen and oxygen atoms in total. The van der Waals surface area contributed by atoms with Crippen LogP contribution >= 0.6 is 0 Å². The third kappa shape index (κ3) is 3.25. The van der Waals surface area contributed by atoms with Crippen LogP contribution in [0.3, 0.4) is 0 Å². The van der Waals surface area contributed by atoms with Gasteiger partial charge in [0.05, 0.1) is 16.7 Å². The van der Waals surface area contributed by atoms with Crippen LogP contribution in [0.2, 0.25) is 0 Å². The van der Waals surface area contributed by atoms with Crippen LogP contribution in [0.5, 0.6) is 0 Å². The molecule has 1 unspecified atom stereocenters. The van der Waals surface area contributed by atoms with Gasteiger partial charge < -0.3 is 10.2 Å². The minimum absolute atomic E-state index is 0.0857. The van der Waals surface area contributed by atoms with Crippen LogP contribution in [0.4, 0.5) is 9.18 Å². The number of halogens is 1. The maximum Gasteiger partial charge on any atom is 0.318 e. The Morgan fingerprint density at radius 2 is 1.78 bits per heavy atom.